The van der Waals surface area contributed by atoms with Crippen molar-refractivity contribution in [1.29, 1.82) is 0 Å². The molecule has 112 valence electrons. The Bertz CT molecular complexity index is 552. The van der Waals surface area contributed by atoms with Crippen molar-refractivity contribution in [2.45, 2.75) is 18.9 Å². The van der Waals surface area contributed by atoms with Gasteiger partial charge in [-0.1, -0.05) is 5.92 Å². The number of carbonyl (C=O) groups excluding carboxylic acids is 1. The molecule has 0 bridgehead atoms. The Kier molecular flexibility index (Phi) is 5.01. The van der Waals surface area contributed by atoms with Crippen LogP contribution in [0.4, 0.5) is 14.9 Å². The summed E-state index contributed by atoms with van der Waals surface area (Å²) in [5.41, 5.74) is 0.221. The monoisotopic (exact) mass is 292 g/mol. The molecule has 1 aromatic carbocycles. The van der Waals surface area contributed by atoms with Gasteiger partial charge in [0.15, 0.2) is 0 Å². The van der Waals surface area contributed by atoms with Crippen molar-refractivity contribution in [2.24, 2.45) is 0 Å². The number of aliphatic hydroxyl groups is 1. The molecule has 0 aliphatic heterocycles. The highest BCUT2D eigenvalue weighted by Crippen LogP contribution is 2.29. The first kappa shape index (κ1) is 15.1. The number of rotatable bonds is 6. The molecule has 0 spiro atoms. The summed E-state index contributed by atoms with van der Waals surface area (Å²) >= 11 is 0. The van der Waals surface area contributed by atoms with Crippen molar-refractivity contribution in [1.82, 2.24) is 4.90 Å². The van der Waals surface area contributed by atoms with E-state index in [1.54, 1.807) is 0 Å². The van der Waals surface area contributed by atoms with E-state index < -0.39 is 5.82 Å². The molecule has 0 heterocycles. The molecule has 1 aromatic rings. The van der Waals surface area contributed by atoms with Gasteiger partial charge in [0, 0.05) is 18.7 Å². The maximum Gasteiger partial charge on any atom is 0.322 e. The van der Waals surface area contributed by atoms with Gasteiger partial charge < -0.3 is 20.1 Å². The number of nitrogens with one attached hydrogen (secondary N) is 1. The number of anilines is 1. The van der Waals surface area contributed by atoms with Crippen LogP contribution in [-0.2, 0) is 0 Å². The fourth-order valence-electron chi connectivity index (χ4n) is 1.98. The summed E-state index contributed by atoms with van der Waals surface area (Å²) in [4.78, 5) is 13.7. The first-order valence-electron chi connectivity index (χ1n) is 6.70. The van der Waals surface area contributed by atoms with Crippen molar-refractivity contribution in [3.63, 3.8) is 0 Å². The number of hydrogen-bond donors (Lipinski definition) is 2. The van der Waals surface area contributed by atoms with Crippen molar-refractivity contribution < 1.29 is 19.0 Å². The molecule has 2 amide bonds. The van der Waals surface area contributed by atoms with Crippen LogP contribution < -0.4 is 10.1 Å². The van der Waals surface area contributed by atoms with Gasteiger partial charge in [-0.05, 0) is 25.0 Å². The first-order valence-corrected chi connectivity index (χ1v) is 6.70. The molecule has 1 aliphatic rings. The molecule has 0 radical (unpaired) electrons. The summed E-state index contributed by atoms with van der Waals surface area (Å²) in [6.45, 7) is 0.150. The molecule has 21 heavy (non-hydrogen) atoms. The molecule has 0 unspecified atom stereocenters. The fraction of sp³-hybridized carbons (Fsp3) is 0.400. The van der Waals surface area contributed by atoms with Gasteiger partial charge in [0.2, 0.25) is 0 Å². The summed E-state index contributed by atoms with van der Waals surface area (Å²) in [6.07, 6.45) is 6.95. The Labute approximate surface area is 122 Å². The minimum absolute atomic E-state index is 0.0253. The lowest BCUT2D eigenvalue weighted by Crippen LogP contribution is -2.38. The number of benzene rings is 1. The molecule has 0 aromatic heterocycles. The Balaban J connectivity index is 2.11. The molecule has 1 fully saturated rings. The largest absolute Gasteiger partial charge is 0.479 e. The van der Waals surface area contributed by atoms with E-state index in [1.165, 1.54) is 23.1 Å². The summed E-state index contributed by atoms with van der Waals surface area (Å²) < 4.78 is 18.6. The van der Waals surface area contributed by atoms with Gasteiger partial charge in [0.25, 0.3) is 0 Å². The number of halogens is 1. The Morgan fingerprint density at radius 2 is 2.33 bits per heavy atom. The number of hydrogen-bond acceptors (Lipinski definition) is 3. The number of urea groups is 1. The third kappa shape index (κ3) is 4.10. The van der Waals surface area contributed by atoms with Gasteiger partial charge in [0.05, 0.1) is 12.3 Å². The number of aliphatic hydroxyl groups excluding tert-OH is 1. The second kappa shape index (κ2) is 6.95. The van der Waals surface area contributed by atoms with Crippen molar-refractivity contribution in [3.8, 4) is 18.1 Å². The minimum Gasteiger partial charge on any atom is -0.479 e. The zero-order valence-electron chi connectivity index (χ0n) is 11.5. The van der Waals surface area contributed by atoms with Gasteiger partial charge in [-0.15, -0.1) is 6.42 Å². The van der Waals surface area contributed by atoms with E-state index in [4.69, 9.17) is 16.3 Å². The molecule has 0 atom stereocenters. The molecular weight excluding hydrogens is 275 g/mol. The van der Waals surface area contributed by atoms with Gasteiger partial charge in [-0.2, -0.15) is 0 Å². The van der Waals surface area contributed by atoms with Crippen LogP contribution in [0.5, 0.6) is 5.75 Å². The van der Waals surface area contributed by atoms with Crippen molar-refractivity contribution in [2.75, 3.05) is 25.1 Å². The Morgan fingerprint density at radius 3 is 2.95 bits per heavy atom. The maximum absolute atomic E-state index is 13.3. The quantitative estimate of drug-likeness (QED) is 0.786. The molecule has 5 nitrogen and oxygen atoms in total. The van der Waals surface area contributed by atoms with E-state index >= 15 is 0 Å². The molecule has 2 N–H and O–H groups in total. The van der Waals surface area contributed by atoms with Gasteiger partial charge in [-0.25, -0.2) is 9.18 Å². The lowest BCUT2D eigenvalue weighted by atomic mass is 10.3. The molecule has 1 aliphatic carbocycles. The van der Waals surface area contributed by atoms with Crippen LogP contribution in [-0.4, -0.2) is 41.8 Å². The van der Waals surface area contributed by atoms with Crippen LogP contribution in [0.1, 0.15) is 12.8 Å². The number of ether oxygens (including phenoxy) is 1. The van der Waals surface area contributed by atoms with Gasteiger partial charge in [-0.3, -0.25) is 0 Å². The lowest BCUT2D eigenvalue weighted by Gasteiger charge is -2.22. The molecule has 1 saturated carbocycles. The van der Waals surface area contributed by atoms with Crippen LogP contribution in [0.3, 0.4) is 0 Å². The van der Waals surface area contributed by atoms with E-state index in [2.05, 4.69) is 11.2 Å². The van der Waals surface area contributed by atoms with E-state index in [1.807, 2.05) is 0 Å². The fourth-order valence-corrected chi connectivity index (χ4v) is 1.98. The highest BCUT2D eigenvalue weighted by Gasteiger charge is 2.32. The zero-order chi connectivity index (χ0) is 15.2. The predicted octanol–water partition coefficient (Wildman–Crippen LogP) is 1.83. The number of amides is 2. The van der Waals surface area contributed by atoms with Crippen LogP contribution >= 0.6 is 0 Å². The standard InChI is InChI=1S/C15H17FN2O3/c1-2-9-21-14-6-3-11(16)10-13(14)17-15(20)18(7-8-19)12-4-5-12/h1,3,6,10,12,19H,4-5,7-9H2,(H,17,20). The second-order valence-electron chi connectivity index (χ2n) is 4.71. The van der Waals surface area contributed by atoms with Gasteiger partial charge >= 0.3 is 6.03 Å². The lowest BCUT2D eigenvalue weighted by molar-refractivity contribution is 0.185. The minimum atomic E-state index is -0.488. The molecular formula is C15H17FN2O3. The third-order valence-electron chi connectivity index (χ3n) is 3.08. The molecule has 6 heteroatoms. The summed E-state index contributed by atoms with van der Waals surface area (Å²) in [5, 5.41) is 11.6. The Morgan fingerprint density at radius 1 is 1.57 bits per heavy atom. The van der Waals surface area contributed by atoms with E-state index in [0.29, 0.717) is 5.75 Å². The van der Waals surface area contributed by atoms with Crippen LogP contribution in [0.15, 0.2) is 18.2 Å². The number of terminal acetylenes is 1. The average Bonchev–Trinajstić information content (AvgIpc) is 3.28. The highest BCUT2D eigenvalue weighted by atomic mass is 19.1. The number of carbonyl (C=O) groups is 1. The predicted molar refractivity (Wildman–Crippen MR) is 76.6 cm³/mol. The topological polar surface area (TPSA) is 61.8 Å². The SMILES string of the molecule is C#CCOc1ccc(F)cc1NC(=O)N(CCO)C1CC1. The van der Waals surface area contributed by atoms with Crippen LogP contribution in [0, 0.1) is 18.2 Å². The maximum atomic E-state index is 13.3. The molecule has 0 saturated heterocycles. The van der Waals surface area contributed by atoms with Gasteiger partial charge in [0.1, 0.15) is 18.2 Å². The first-order chi connectivity index (χ1) is 10.2. The van der Waals surface area contributed by atoms with E-state index in [-0.39, 0.29) is 37.5 Å². The van der Waals surface area contributed by atoms with E-state index in [9.17, 15) is 9.18 Å². The molecule has 2 rings (SSSR count). The zero-order valence-corrected chi connectivity index (χ0v) is 11.5. The van der Waals surface area contributed by atoms with E-state index in [0.717, 1.165) is 12.8 Å². The van der Waals surface area contributed by atoms with Crippen molar-refractivity contribution in [3.05, 3.63) is 24.0 Å². The summed E-state index contributed by atoms with van der Waals surface area (Å²) in [7, 11) is 0. The average molecular weight is 292 g/mol. The normalized spacial score (nSPS) is 13.4. The smallest absolute Gasteiger partial charge is 0.322 e. The second-order valence-corrected chi connectivity index (χ2v) is 4.71. The highest BCUT2D eigenvalue weighted by molar-refractivity contribution is 5.91. The third-order valence-corrected chi connectivity index (χ3v) is 3.08. The Hall–Kier alpha value is -2.26. The number of nitrogens with zero attached hydrogens (tertiary/aromatic N) is 1. The van der Waals surface area contributed by atoms with Crippen LogP contribution in [0.2, 0.25) is 0 Å². The summed E-state index contributed by atoms with van der Waals surface area (Å²) in [5.74, 6) is 2.13. The summed E-state index contributed by atoms with van der Waals surface area (Å²) in [6, 6.07) is 3.57. The van der Waals surface area contributed by atoms with Crippen LogP contribution in [0.25, 0.3) is 0 Å². The van der Waals surface area contributed by atoms with Crippen molar-refractivity contribution >= 4 is 11.7 Å².